The van der Waals surface area contributed by atoms with E-state index in [0.717, 1.165) is 0 Å². The Bertz CT molecular complexity index is 102. The molecule has 0 aliphatic rings. The van der Waals surface area contributed by atoms with E-state index in [1.807, 2.05) is 0 Å². The SMILES string of the molecule is CCCCCCC(C)(N)[I-]CC. The Labute approximate surface area is 87.7 Å². The van der Waals surface area contributed by atoms with Crippen molar-refractivity contribution >= 4 is 0 Å². The van der Waals surface area contributed by atoms with Gasteiger partial charge in [0.05, 0.1) is 0 Å². The molecule has 2 N–H and O–H groups in total. The van der Waals surface area contributed by atoms with Gasteiger partial charge >= 0.3 is 87.8 Å². The molecule has 0 aromatic carbocycles. The van der Waals surface area contributed by atoms with Crippen LogP contribution in [0.2, 0.25) is 0 Å². The molecule has 12 heavy (non-hydrogen) atoms. The Morgan fingerprint density at radius 2 is 1.83 bits per heavy atom. The number of unbranched alkanes of at least 4 members (excludes halogenated alkanes) is 3. The van der Waals surface area contributed by atoms with Crippen LogP contribution in [0.1, 0.15) is 52.9 Å². The van der Waals surface area contributed by atoms with Gasteiger partial charge in [-0.05, 0) is 0 Å². The van der Waals surface area contributed by atoms with Crippen LogP contribution in [-0.4, -0.2) is 7.97 Å². The fraction of sp³-hybridized carbons (Fsp3) is 1.00. The van der Waals surface area contributed by atoms with Crippen LogP contribution < -0.4 is 26.9 Å². The number of nitrogens with two attached hydrogens (primary N) is 1. The standard InChI is InChI=1S/C10H23IN/c1-4-6-7-8-9-10(3,12)11-5-2/h4-9,12H2,1-3H3/q-1. The Morgan fingerprint density at radius 3 is 2.33 bits per heavy atom. The number of rotatable bonds is 7. The van der Waals surface area contributed by atoms with Gasteiger partial charge in [-0.15, -0.1) is 0 Å². The summed E-state index contributed by atoms with van der Waals surface area (Å²) in [5, 5.41) is 0. The van der Waals surface area contributed by atoms with Crippen LogP contribution in [0.3, 0.4) is 0 Å². The molecule has 0 saturated carbocycles. The van der Waals surface area contributed by atoms with Gasteiger partial charge in [-0.1, -0.05) is 0 Å². The second-order valence-corrected chi connectivity index (χ2v) is 8.24. The summed E-state index contributed by atoms with van der Waals surface area (Å²) in [5.74, 6) is 0. The van der Waals surface area contributed by atoms with E-state index in [1.54, 1.807) is 0 Å². The molecule has 0 aromatic rings. The van der Waals surface area contributed by atoms with Crippen LogP contribution >= 0.6 is 0 Å². The van der Waals surface area contributed by atoms with Crippen LogP contribution in [0.4, 0.5) is 0 Å². The average Bonchev–Trinajstić information content (AvgIpc) is 1.98. The first-order chi connectivity index (χ1) is 5.62. The third-order valence-corrected chi connectivity index (χ3v) is 5.00. The maximum atomic E-state index is 6.16. The van der Waals surface area contributed by atoms with Gasteiger partial charge in [0, 0.05) is 0 Å². The molecule has 0 heterocycles. The van der Waals surface area contributed by atoms with Crippen molar-refractivity contribution in [3.05, 3.63) is 0 Å². The molecule has 0 aromatic heterocycles. The summed E-state index contributed by atoms with van der Waals surface area (Å²) < 4.78 is 1.53. The summed E-state index contributed by atoms with van der Waals surface area (Å²) in [6.45, 7) is 6.74. The molecule has 0 spiro atoms. The Hall–Kier alpha value is 0.690. The van der Waals surface area contributed by atoms with Crippen molar-refractivity contribution in [2.24, 2.45) is 5.73 Å². The fourth-order valence-corrected chi connectivity index (χ4v) is 3.77. The summed E-state index contributed by atoms with van der Waals surface area (Å²) in [5.41, 5.74) is 6.16. The molecule has 0 fully saturated rings. The van der Waals surface area contributed by atoms with Gasteiger partial charge in [-0.2, -0.15) is 0 Å². The maximum absolute atomic E-state index is 6.16. The zero-order valence-corrected chi connectivity index (χ0v) is 10.9. The molecule has 0 bridgehead atoms. The first-order valence-corrected chi connectivity index (χ1v) is 7.62. The zero-order valence-electron chi connectivity index (χ0n) is 8.70. The molecule has 0 rings (SSSR count). The number of hydrogen-bond donors (Lipinski definition) is 1. The van der Waals surface area contributed by atoms with E-state index < -0.39 is 0 Å². The molecule has 76 valence electrons. The topological polar surface area (TPSA) is 26.0 Å². The molecule has 0 radical (unpaired) electrons. The number of hydrogen-bond acceptors (Lipinski definition) is 1. The van der Waals surface area contributed by atoms with E-state index in [4.69, 9.17) is 5.73 Å². The fourth-order valence-electron chi connectivity index (χ4n) is 1.27. The van der Waals surface area contributed by atoms with Gasteiger partial charge in [0.2, 0.25) is 0 Å². The van der Waals surface area contributed by atoms with Crippen LogP contribution in [-0.2, 0) is 0 Å². The summed E-state index contributed by atoms with van der Waals surface area (Å²) in [6, 6.07) is 0. The Balaban J connectivity index is 3.33. The van der Waals surface area contributed by atoms with Gasteiger partial charge in [0.25, 0.3) is 0 Å². The predicted molar refractivity (Wildman–Crippen MR) is 51.9 cm³/mol. The minimum absolute atomic E-state index is 0.210. The Morgan fingerprint density at radius 1 is 1.17 bits per heavy atom. The molecule has 2 heteroatoms. The first kappa shape index (κ1) is 12.7. The summed E-state index contributed by atoms with van der Waals surface area (Å²) in [7, 11) is 0. The summed E-state index contributed by atoms with van der Waals surface area (Å²) in [4.78, 5) is 0. The van der Waals surface area contributed by atoms with Crippen molar-refractivity contribution in [3.8, 4) is 0 Å². The van der Waals surface area contributed by atoms with Crippen molar-refractivity contribution < 1.29 is 21.2 Å². The van der Waals surface area contributed by atoms with Gasteiger partial charge in [0.1, 0.15) is 0 Å². The Kier molecular flexibility index (Phi) is 7.54. The van der Waals surface area contributed by atoms with E-state index in [9.17, 15) is 0 Å². The van der Waals surface area contributed by atoms with E-state index >= 15 is 0 Å². The van der Waals surface area contributed by atoms with Crippen molar-refractivity contribution in [2.75, 3.05) is 4.43 Å². The second kappa shape index (κ2) is 7.13. The van der Waals surface area contributed by atoms with E-state index in [-0.39, 0.29) is 24.8 Å². The van der Waals surface area contributed by atoms with Crippen molar-refractivity contribution in [2.45, 2.75) is 56.4 Å². The molecule has 1 atom stereocenters. The molecule has 0 aliphatic carbocycles. The second-order valence-electron chi connectivity index (χ2n) is 3.49. The third-order valence-electron chi connectivity index (χ3n) is 1.96. The summed E-state index contributed by atoms with van der Waals surface area (Å²) in [6.07, 6.45) is 6.65. The van der Waals surface area contributed by atoms with Gasteiger partial charge in [-0.25, -0.2) is 0 Å². The van der Waals surface area contributed by atoms with Crippen LogP contribution in [0.25, 0.3) is 0 Å². The summed E-state index contributed by atoms with van der Waals surface area (Å²) >= 11 is 0.237. The average molecular weight is 284 g/mol. The van der Waals surface area contributed by atoms with E-state index in [1.165, 1.54) is 36.5 Å². The first-order valence-electron chi connectivity index (χ1n) is 5.01. The normalized spacial score (nSPS) is 16.3. The molecule has 1 unspecified atom stereocenters. The number of alkyl halides is 2. The zero-order chi connectivity index (χ0) is 9.45. The molecular formula is C10H23IN-. The van der Waals surface area contributed by atoms with E-state index in [2.05, 4.69) is 20.8 Å². The third kappa shape index (κ3) is 7.35. The van der Waals surface area contributed by atoms with Crippen LogP contribution in [0.5, 0.6) is 0 Å². The quantitative estimate of drug-likeness (QED) is 0.296. The van der Waals surface area contributed by atoms with Crippen molar-refractivity contribution in [3.63, 3.8) is 0 Å². The molecule has 0 aliphatic heterocycles. The van der Waals surface area contributed by atoms with Gasteiger partial charge in [-0.3, -0.25) is 0 Å². The molecule has 0 saturated heterocycles. The van der Waals surface area contributed by atoms with Crippen molar-refractivity contribution in [1.29, 1.82) is 0 Å². The van der Waals surface area contributed by atoms with E-state index in [0.29, 0.717) is 0 Å². The molecule has 1 nitrogen and oxygen atoms in total. The molecular weight excluding hydrogens is 261 g/mol. The van der Waals surface area contributed by atoms with Crippen LogP contribution in [0.15, 0.2) is 0 Å². The minimum atomic E-state index is 0.210. The predicted octanol–water partition coefficient (Wildman–Crippen LogP) is -0.259. The molecule has 0 amide bonds. The van der Waals surface area contributed by atoms with Gasteiger partial charge < -0.3 is 0 Å². The monoisotopic (exact) mass is 284 g/mol. The number of halogens is 1. The van der Waals surface area contributed by atoms with Crippen molar-refractivity contribution in [1.82, 2.24) is 0 Å². The van der Waals surface area contributed by atoms with Crippen LogP contribution in [0, 0.1) is 0 Å². The van der Waals surface area contributed by atoms with Gasteiger partial charge in [0.15, 0.2) is 0 Å².